The highest BCUT2D eigenvalue weighted by Gasteiger charge is 2.24. The van der Waals surface area contributed by atoms with Crippen molar-refractivity contribution in [3.63, 3.8) is 0 Å². The minimum absolute atomic E-state index is 0.0133. The van der Waals surface area contributed by atoms with Crippen molar-refractivity contribution in [3.05, 3.63) is 30.5 Å². The monoisotopic (exact) mass is 330 g/mol. The molecule has 2 aromatic rings. The number of rotatable bonds is 6. The Hall–Kier alpha value is -2.15. The van der Waals surface area contributed by atoms with Gasteiger partial charge < -0.3 is 9.88 Å². The highest BCUT2D eigenvalue weighted by atomic mass is 16.2. The summed E-state index contributed by atoms with van der Waals surface area (Å²) in [7, 11) is 1.84. The highest BCUT2D eigenvalue weighted by Crippen LogP contribution is 2.20. The van der Waals surface area contributed by atoms with Gasteiger partial charge in [0.1, 0.15) is 5.82 Å². The second-order valence-electron chi connectivity index (χ2n) is 6.50. The number of hydrogen-bond donors (Lipinski definition) is 1. The van der Waals surface area contributed by atoms with E-state index in [2.05, 4.69) is 24.9 Å². The summed E-state index contributed by atoms with van der Waals surface area (Å²) in [5.74, 6) is 1.68. The van der Waals surface area contributed by atoms with Crippen LogP contribution in [0.4, 0.5) is 5.82 Å². The normalized spacial score (nSPS) is 18.7. The van der Waals surface area contributed by atoms with Gasteiger partial charge in [0.15, 0.2) is 5.82 Å². The summed E-state index contributed by atoms with van der Waals surface area (Å²) in [5, 5.41) is 7.08. The van der Waals surface area contributed by atoms with Gasteiger partial charge in [0, 0.05) is 44.3 Å². The lowest BCUT2D eigenvalue weighted by molar-refractivity contribution is -0.118. The molecule has 0 bridgehead atoms. The third kappa shape index (κ3) is 4.23. The molecule has 0 radical (unpaired) electrons. The molecule has 0 aliphatic carbocycles. The first kappa shape index (κ1) is 16.7. The maximum Gasteiger partial charge on any atom is 0.239 e. The molecule has 1 aliphatic rings. The van der Waals surface area contributed by atoms with Crippen LogP contribution < -0.4 is 5.32 Å². The number of carbonyl (C=O) groups is 1. The maximum atomic E-state index is 12.3. The van der Waals surface area contributed by atoms with Crippen LogP contribution >= 0.6 is 0 Å². The van der Waals surface area contributed by atoms with Crippen molar-refractivity contribution in [1.82, 2.24) is 24.2 Å². The summed E-state index contributed by atoms with van der Waals surface area (Å²) in [6.45, 7) is 4.40. The predicted molar refractivity (Wildman–Crippen MR) is 92.6 cm³/mol. The van der Waals surface area contributed by atoms with Crippen LogP contribution in [0, 0.1) is 6.92 Å². The molecule has 0 spiro atoms. The van der Waals surface area contributed by atoms with Crippen molar-refractivity contribution in [2.45, 2.75) is 45.2 Å². The maximum absolute atomic E-state index is 12.3. The largest absolute Gasteiger partial charge is 0.335 e. The second kappa shape index (κ2) is 7.61. The molecular weight excluding hydrogens is 304 g/mol. The zero-order valence-electron chi connectivity index (χ0n) is 14.5. The van der Waals surface area contributed by atoms with Gasteiger partial charge in [-0.15, -0.1) is 0 Å². The molecule has 1 saturated heterocycles. The molecule has 1 atom stereocenters. The molecule has 3 heterocycles. The van der Waals surface area contributed by atoms with Gasteiger partial charge in [-0.1, -0.05) is 6.42 Å². The first-order valence-corrected chi connectivity index (χ1v) is 8.63. The van der Waals surface area contributed by atoms with Crippen molar-refractivity contribution in [2.75, 3.05) is 18.4 Å². The third-order valence-electron chi connectivity index (χ3n) is 4.70. The number of imidazole rings is 1. The van der Waals surface area contributed by atoms with E-state index in [1.54, 1.807) is 4.68 Å². The fraction of sp³-hybridized carbons (Fsp3) is 0.588. The van der Waals surface area contributed by atoms with Crippen LogP contribution in [0.3, 0.4) is 0 Å². The van der Waals surface area contributed by atoms with Crippen LogP contribution in [0.15, 0.2) is 24.7 Å². The fourth-order valence-electron chi connectivity index (χ4n) is 3.37. The smallest absolute Gasteiger partial charge is 0.239 e. The van der Waals surface area contributed by atoms with Gasteiger partial charge in [0.2, 0.25) is 5.91 Å². The van der Waals surface area contributed by atoms with Crippen LogP contribution in [-0.2, 0) is 18.4 Å². The van der Waals surface area contributed by atoms with E-state index in [1.165, 1.54) is 6.42 Å². The zero-order valence-corrected chi connectivity index (χ0v) is 14.5. The van der Waals surface area contributed by atoms with E-state index in [0.717, 1.165) is 38.2 Å². The lowest BCUT2D eigenvalue weighted by Crippen LogP contribution is -2.44. The van der Waals surface area contributed by atoms with Crippen LogP contribution in [0.25, 0.3) is 0 Å². The van der Waals surface area contributed by atoms with E-state index in [9.17, 15) is 4.79 Å². The molecule has 1 amide bonds. The van der Waals surface area contributed by atoms with Crippen LogP contribution in [0.2, 0.25) is 0 Å². The Labute approximate surface area is 142 Å². The van der Waals surface area contributed by atoms with Gasteiger partial charge in [0.25, 0.3) is 0 Å². The van der Waals surface area contributed by atoms with Crippen LogP contribution in [0.5, 0.6) is 0 Å². The molecule has 24 heavy (non-hydrogen) atoms. The Balaban J connectivity index is 1.53. The van der Waals surface area contributed by atoms with Gasteiger partial charge in [0.05, 0.1) is 6.54 Å². The molecule has 1 N–H and O–H groups in total. The minimum atomic E-state index is 0.0133. The molecule has 7 nitrogen and oxygen atoms in total. The van der Waals surface area contributed by atoms with Crippen molar-refractivity contribution >= 4 is 11.7 Å². The third-order valence-corrected chi connectivity index (χ3v) is 4.70. The van der Waals surface area contributed by atoms with E-state index in [1.807, 2.05) is 38.6 Å². The molecule has 2 aromatic heterocycles. The molecule has 7 heteroatoms. The predicted octanol–water partition coefficient (Wildman–Crippen LogP) is 1.81. The second-order valence-corrected chi connectivity index (χ2v) is 6.50. The summed E-state index contributed by atoms with van der Waals surface area (Å²) in [6.07, 6.45) is 10.3. The van der Waals surface area contributed by atoms with Gasteiger partial charge in [-0.3, -0.25) is 14.4 Å². The average Bonchev–Trinajstić information content (AvgIpc) is 3.15. The number of piperidine rings is 1. The highest BCUT2D eigenvalue weighted by molar-refractivity contribution is 5.91. The Morgan fingerprint density at radius 3 is 2.96 bits per heavy atom. The number of carbonyl (C=O) groups excluding carboxylic acids is 1. The quantitative estimate of drug-likeness (QED) is 0.877. The Morgan fingerprint density at radius 2 is 2.25 bits per heavy atom. The van der Waals surface area contributed by atoms with E-state index >= 15 is 0 Å². The zero-order chi connectivity index (χ0) is 16.9. The molecule has 130 valence electrons. The minimum Gasteiger partial charge on any atom is -0.335 e. The Kier molecular flexibility index (Phi) is 5.30. The topological polar surface area (TPSA) is 68.0 Å². The summed E-state index contributed by atoms with van der Waals surface area (Å²) in [5.41, 5.74) is 0. The molecule has 1 unspecified atom stereocenters. The van der Waals surface area contributed by atoms with Crippen LogP contribution in [0.1, 0.15) is 31.5 Å². The van der Waals surface area contributed by atoms with Gasteiger partial charge in [-0.25, -0.2) is 4.98 Å². The molecule has 1 fully saturated rings. The van der Waals surface area contributed by atoms with E-state index in [4.69, 9.17) is 0 Å². The number of nitrogens with one attached hydrogen (secondary N) is 1. The number of likely N-dealkylation sites (tertiary alicyclic amines) is 1. The molecule has 0 aromatic carbocycles. The van der Waals surface area contributed by atoms with E-state index < -0.39 is 0 Å². The summed E-state index contributed by atoms with van der Waals surface area (Å²) in [4.78, 5) is 18.9. The standard InChI is InChI=1S/C17H26N6O/c1-14-18-8-12-22(14)11-6-15-5-3-4-9-23(15)13-17(24)19-16-7-10-21(2)20-16/h7-8,10,12,15H,3-6,9,11,13H2,1-2H3,(H,19,20,24). The fourth-order valence-corrected chi connectivity index (χ4v) is 3.37. The summed E-state index contributed by atoms with van der Waals surface area (Å²) < 4.78 is 3.87. The average molecular weight is 330 g/mol. The van der Waals surface area contributed by atoms with Crippen molar-refractivity contribution in [2.24, 2.45) is 7.05 Å². The lowest BCUT2D eigenvalue weighted by atomic mass is 9.99. The van der Waals surface area contributed by atoms with Crippen LogP contribution in [-0.4, -0.2) is 49.3 Å². The number of nitrogens with zero attached hydrogens (tertiary/aromatic N) is 5. The molecule has 1 aliphatic heterocycles. The number of aromatic nitrogens is 4. The number of aryl methyl sites for hydroxylation is 3. The Morgan fingerprint density at radius 1 is 1.38 bits per heavy atom. The summed E-state index contributed by atoms with van der Waals surface area (Å²) in [6, 6.07) is 2.27. The molecule has 0 saturated carbocycles. The van der Waals surface area contributed by atoms with Crippen molar-refractivity contribution < 1.29 is 4.79 Å². The first-order valence-electron chi connectivity index (χ1n) is 8.63. The van der Waals surface area contributed by atoms with Gasteiger partial charge in [-0.2, -0.15) is 5.10 Å². The molecule has 3 rings (SSSR count). The Bertz CT molecular complexity index is 676. The number of anilines is 1. The van der Waals surface area contributed by atoms with Crippen molar-refractivity contribution in [3.8, 4) is 0 Å². The van der Waals surface area contributed by atoms with Crippen molar-refractivity contribution in [1.29, 1.82) is 0 Å². The van der Waals surface area contributed by atoms with E-state index in [-0.39, 0.29) is 5.91 Å². The SMILES string of the molecule is Cc1nccn1CCC1CCCCN1CC(=O)Nc1ccn(C)n1. The van der Waals surface area contributed by atoms with Gasteiger partial charge >= 0.3 is 0 Å². The first-order chi connectivity index (χ1) is 11.6. The lowest BCUT2D eigenvalue weighted by Gasteiger charge is -2.35. The van der Waals surface area contributed by atoms with E-state index in [0.29, 0.717) is 18.4 Å². The number of hydrogen-bond acceptors (Lipinski definition) is 4. The number of amides is 1. The van der Waals surface area contributed by atoms with Gasteiger partial charge in [-0.05, 0) is 32.7 Å². The summed E-state index contributed by atoms with van der Waals surface area (Å²) >= 11 is 0. The molecular formula is C17H26N6O.